The first-order chi connectivity index (χ1) is 7.60. The highest BCUT2D eigenvalue weighted by molar-refractivity contribution is 9.10. The summed E-state index contributed by atoms with van der Waals surface area (Å²) in [7, 11) is 0. The monoisotopic (exact) mass is 302 g/mol. The number of rotatable bonds is 6. The van der Waals surface area contributed by atoms with Crippen molar-refractivity contribution in [3.05, 3.63) is 20.3 Å². The lowest BCUT2D eigenvalue weighted by Gasteiger charge is -2.12. The van der Waals surface area contributed by atoms with Gasteiger partial charge in [-0.15, -0.1) is 11.3 Å². The average molecular weight is 303 g/mol. The molecule has 0 saturated heterocycles. The molecule has 0 bridgehead atoms. The summed E-state index contributed by atoms with van der Waals surface area (Å²) in [5.41, 5.74) is 0. The van der Waals surface area contributed by atoms with E-state index in [4.69, 9.17) is 0 Å². The average Bonchev–Trinajstić information content (AvgIpc) is 2.58. The molecular formula is C13H19BrOS. The van der Waals surface area contributed by atoms with Crippen molar-refractivity contribution in [2.24, 2.45) is 5.92 Å². The maximum absolute atomic E-state index is 12.3. The molecule has 1 heterocycles. The number of Topliss-reactive ketones (excluding diaryl/α,β-unsaturated/α-hetero) is 1. The van der Waals surface area contributed by atoms with Crippen molar-refractivity contribution in [3.63, 3.8) is 0 Å². The van der Waals surface area contributed by atoms with Crippen LogP contribution in [0.5, 0.6) is 0 Å². The molecule has 0 N–H and O–H groups in total. The summed E-state index contributed by atoms with van der Waals surface area (Å²) < 4.78 is 0.968. The second kappa shape index (κ2) is 6.55. The summed E-state index contributed by atoms with van der Waals surface area (Å²) in [6, 6.07) is 2.03. The Morgan fingerprint density at radius 1 is 1.50 bits per heavy atom. The molecule has 0 amide bonds. The maximum Gasteiger partial charge on any atom is 0.176 e. The Morgan fingerprint density at radius 3 is 2.62 bits per heavy atom. The van der Waals surface area contributed by atoms with Crippen LogP contribution in [0.15, 0.2) is 10.5 Å². The third kappa shape index (κ3) is 3.42. The van der Waals surface area contributed by atoms with Gasteiger partial charge in [-0.2, -0.15) is 0 Å². The van der Waals surface area contributed by atoms with Gasteiger partial charge in [-0.25, -0.2) is 0 Å². The molecule has 1 aromatic rings. The van der Waals surface area contributed by atoms with E-state index in [9.17, 15) is 4.79 Å². The minimum absolute atomic E-state index is 0.203. The van der Waals surface area contributed by atoms with Crippen molar-refractivity contribution < 1.29 is 4.79 Å². The largest absolute Gasteiger partial charge is 0.293 e. The van der Waals surface area contributed by atoms with E-state index in [0.29, 0.717) is 5.78 Å². The van der Waals surface area contributed by atoms with E-state index in [-0.39, 0.29) is 5.92 Å². The van der Waals surface area contributed by atoms with Crippen LogP contribution in [0.25, 0.3) is 0 Å². The van der Waals surface area contributed by atoms with Crippen LogP contribution >= 0.6 is 27.3 Å². The molecule has 1 atom stereocenters. The first-order valence-corrected chi connectivity index (χ1v) is 7.51. The minimum Gasteiger partial charge on any atom is -0.293 e. The van der Waals surface area contributed by atoms with Crippen molar-refractivity contribution in [2.75, 3.05) is 0 Å². The van der Waals surface area contributed by atoms with Gasteiger partial charge >= 0.3 is 0 Å². The summed E-state index contributed by atoms with van der Waals surface area (Å²) in [5, 5.41) is 0. The number of carbonyl (C=O) groups excluding carboxylic acids is 1. The number of carbonyl (C=O) groups is 1. The molecule has 0 aliphatic heterocycles. The minimum atomic E-state index is 0.203. The lowest BCUT2D eigenvalue weighted by atomic mass is 9.94. The van der Waals surface area contributed by atoms with E-state index in [2.05, 4.69) is 29.8 Å². The van der Waals surface area contributed by atoms with E-state index < -0.39 is 0 Å². The van der Waals surface area contributed by atoms with Crippen molar-refractivity contribution >= 4 is 33.0 Å². The third-order valence-electron chi connectivity index (χ3n) is 2.80. The van der Waals surface area contributed by atoms with Crippen LogP contribution in [0.1, 0.15) is 54.1 Å². The number of hydrogen-bond acceptors (Lipinski definition) is 2. The van der Waals surface area contributed by atoms with E-state index >= 15 is 0 Å². The van der Waals surface area contributed by atoms with Crippen LogP contribution in [0.3, 0.4) is 0 Å². The first kappa shape index (κ1) is 13.9. The zero-order valence-electron chi connectivity index (χ0n) is 10.2. The van der Waals surface area contributed by atoms with Gasteiger partial charge in [0, 0.05) is 15.3 Å². The third-order valence-corrected chi connectivity index (χ3v) is 4.76. The number of ketones is 1. The van der Waals surface area contributed by atoms with Crippen molar-refractivity contribution in [1.29, 1.82) is 0 Å². The van der Waals surface area contributed by atoms with E-state index in [1.807, 2.05) is 13.0 Å². The zero-order valence-corrected chi connectivity index (χ0v) is 12.6. The number of unbranched alkanes of at least 4 members (excludes halogenated alkanes) is 1. The highest BCUT2D eigenvalue weighted by Gasteiger charge is 2.21. The molecule has 0 radical (unpaired) electrons. The fourth-order valence-corrected chi connectivity index (χ4v) is 3.66. The normalized spacial score (nSPS) is 12.8. The van der Waals surface area contributed by atoms with Gasteiger partial charge in [0.05, 0.1) is 4.88 Å². The predicted molar refractivity (Wildman–Crippen MR) is 74.4 cm³/mol. The molecule has 0 aliphatic rings. The standard InChI is InChI=1S/C13H19BrOS/c1-4-6-7-10(5-2)12(15)13-11(14)8-9(3)16-13/h8,10H,4-7H2,1-3H3. The van der Waals surface area contributed by atoms with Gasteiger partial charge in [0.2, 0.25) is 0 Å². The molecule has 0 aliphatic carbocycles. The van der Waals surface area contributed by atoms with Gasteiger partial charge in [-0.3, -0.25) is 4.79 Å². The van der Waals surface area contributed by atoms with Gasteiger partial charge in [-0.05, 0) is 41.8 Å². The van der Waals surface area contributed by atoms with Crippen LogP contribution in [0, 0.1) is 12.8 Å². The van der Waals surface area contributed by atoms with E-state index in [0.717, 1.165) is 35.0 Å². The molecule has 0 saturated carbocycles. The lowest BCUT2D eigenvalue weighted by molar-refractivity contribution is 0.0911. The fraction of sp³-hybridized carbons (Fsp3) is 0.615. The summed E-state index contributed by atoms with van der Waals surface area (Å²) >= 11 is 5.08. The molecule has 3 heteroatoms. The van der Waals surface area contributed by atoms with E-state index in [1.54, 1.807) is 11.3 Å². The molecule has 90 valence electrons. The number of halogens is 1. The Bertz CT molecular complexity index is 357. The number of thiophene rings is 1. The summed E-state index contributed by atoms with van der Waals surface area (Å²) in [6.07, 6.45) is 4.28. The second-order valence-corrected chi connectivity index (χ2v) is 6.26. The van der Waals surface area contributed by atoms with Crippen LogP contribution in [-0.2, 0) is 0 Å². The van der Waals surface area contributed by atoms with Gasteiger partial charge in [-0.1, -0.05) is 26.7 Å². The molecule has 0 fully saturated rings. The first-order valence-electron chi connectivity index (χ1n) is 5.90. The number of aryl methyl sites for hydroxylation is 1. The quantitative estimate of drug-likeness (QED) is 0.659. The Hall–Kier alpha value is -0.150. The van der Waals surface area contributed by atoms with Crippen LogP contribution in [0.4, 0.5) is 0 Å². The summed E-state index contributed by atoms with van der Waals surface area (Å²) in [5.74, 6) is 0.523. The van der Waals surface area contributed by atoms with Crippen molar-refractivity contribution in [2.45, 2.75) is 46.5 Å². The molecular weight excluding hydrogens is 284 g/mol. The highest BCUT2D eigenvalue weighted by atomic mass is 79.9. The molecule has 16 heavy (non-hydrogen) atoms. The van der Waals surface area contributed by atoms with Crippen LogP contribution < -0.4 is 0 Å². The Labute approximate surface area is 110 Å². The Morgan fingerprint density at radius 2 is 2.19 bits per heavy atom. The highest BCUT2D eigenvalue weighted by Crippen LogP contribution is 2.31. The van der Waals surface area contributed by atoms with Crippen LogP contribution in [-0.4, -0.2) is 5.78 Å². The van der Waals surface area contributed by atoms with Gasteiger partial charge < -0.3 is 0 Å². The Kier molecular flexibility index (Phi) is 5.70. The lowest BCUT2D eigenvalue weighted by Crippen LogP contribution is -2.13. The second-order valence-electron chi connectivity index (χ2n) is 4.15. The van der Waals surface area contributed by atoms with Crippen LogP contribution in [0.2, 0.25) is 0 Å². The Balaban J connectivity index is 2.78. The molecule has 1 unspecified atom stereocenters. The topological polar surface area (TPSA) is 17.1 Å². The smallest absolute Gasteiger partial charge is 0.176 e. The summed E-state index contributed by atoms with van der Waals surface area (Å²) in [4.78, 5) is 14.4. The maximum atomic E-state index is 12.3. The van der Waals surface area contributed by atoms with Crippen molar-refractivity contribution in [1.82, 2.24) is 0 Å². The van der Waals surface area contributed by atoms with Gasteiger partial charge in [0.25, 0.3) is 0 Å². The number of hydrogen-bond donors (Lipinski definition) is 0. The SMILES string of the molecule is CCCCC(CC)C(=O)c1sc(C)cc1Br. The molecule has 1 rings (SSSR count). The summed E-state index contributed by atoms with van der Waals surface area (Å²) in [6.45, 7) is 6.31. The molecule has 1 nitrogen and oxygen atoms in total. The molecule has 1 aromatic heterocycles. The van der Waals surface area contributed by atoms with Gasteiger partial charge in [0.15, 0.2) is 5.78 Å². The van der Waals surface area contributed by atoms with Gasteiger partial charge in [0.1, 0.15) is 0 Å². The molecule has 0 aromatic carbocycles. The predicted octanol–water partition coefficient (Wildman–Crippen LogP) is 5.22. The zero-order chi connectivity index (χ0) is 12.1. The molecule has 0 spiro atoms. The fourth-order valence-electron chi connectivity index (χ4n) is 1.81. The van der Waals surface area contributed by atoms with Crippen molar-refractivity contribution in [3.8, 4) is 0 Å². The van der Waals surface area contributed by atoms with E-state index in [1.165, 1.54) is 4.88 Å².